The van der Waals surface area contributed by atoms with E-state index in [-0.39, 0.29) is 6.41 Å². The summed E-state index contributed by atoms with van der Waals surface area (Å²) >= 11 is 3.57. The minimum Gasteiger partial charge on any atom is -0.416 e. The third-order valence-corrected chi connectivity index (χ3v) is 1.71. The van der Waals surface area contributed by atoms with Crippen LogP contribution < -0.4 is 5.43 Å². The number of nitrogens with one attached hydrogen (secondary N) is 1. The van der Waals surface area contributed by atoms with Crippen LogP contribution in [0.25, 0.3) is 0 Å². The molecule has 0 saturated heterocycles. The number of hydrogen-bond donors (Lipinski definition) is 2. The molecule has 1 aliphatic heterocycles. The SMILES string of the molecule is SO[C]1NN=C(c2ccccc2)O1. The third kappa shape index (κ3) is 1.76. The van der Waals surface area contributed by atoms with Crippen LogP contribution in [0.4, 0.5) is 0 Å². The van der Waals surface area contributed by atoms with Gasteiger partial charge in [-0.15, -0.1) is 5.10 Å². The Morgan fingerprint density at radius 2 is 2.08 bits per heavy atom. The van der Waals surface area contributed by atoms with Gasteiger partial charge in [0.15, 0.2) is 0 Å². The molecule has 0 saturated carbocycles. The van der Waals surface area contributed by atoms with Gasteiger partial charge in [-0.1, -0.05) is 18.2 Å². The molecule has 1 aromatic carbocycles. The fourth-order valence-corrected chi connectivity index (χ4v) is 1.05. The van der Waals surface area contributed by atoms with Gasteiger partial charge in [0.1, 0.15) is 0 Å². The zero-order valence-electron chi connectivity index (χ0n) is 6.60. The van der Waals surface area contributed by atoms with Crippen LogP contribution in [0.5, 0.6) is 0 Å². The molecule has 0 unspecified atom stereocenters. The van der Waals surface area contributed by atoms with Crippen LogP contribution in [0.1, 0.15) is 5.56 Å². The normalized spacial score (nSPS) is 16.2. The highest BCUT2D eigenvalue weighted by molar-refractivity contribution is 7.75. The summed E-state index contributed by atoms with van der Waals surface area (Å²) in [6.07, 6.45) is 0.169. The molecular weight excluding hydrogens is 188 g/mol. The third-order valence-electron chi connectivity index (χ3n) is 1.54. The number of nitrogens with zero attached hydrogens (tertiary/aromatic N) is 1. The van der Waals surface area contributed by atoms with E-state index in [1.165, 1.54) is 0 Å². The molecule has 0 bridgehead atoms. The molecule has 1 heterocycles. The van der Waals surface area contributed by atoms with Crippen LogP contribution in [0.2, 0.25) is 0 Å². The van der Waals surface area contributed by atoms with Gasteiger partial charge < -0.3 is 4.74 Å². The van der Waals surface area contributed by atoms with E-state index < -0.39 is 0 Å². The average Bonchev–Trinajstić information content (AvgIpc) is 2.67. The van der Waals surface area contributed by atoms with E-state index in [1.807, 2.05) is 30.3 Å². The van der Waals surface area contributed by atoms with E-state index in [4.69, 9.17) is 4.74 Å². The Kier molecular flexibility index (Phi) is 2.37. The van der Waals surface area contributed by atoms with Gasteiger partial charge in [-0.3, -0.25) is 0 Å². The summed E-state index contributed by atoms with van der Waals surface area (Å²) in [6.45, 7) is 0. The lowest BCUT2D eigenvalue weighted by Crippen LogP contribution is -2.11. The van der Waals surface area contributed by atoms with E-state index in [2.05, 4.69) is 27.6 Å². The van der Waals surface area contributed by atoms with Crippen molar-refractivity contribution >= 4 is 18.8 Å². The van der Waals surface area contributed by atoms with Gasteiger partial charge in [-0.25, -0.2) is 9.61 Å². The van der Waals surface area contributed by atoms with Crippen molar-refractivity contribution < 1.29 is 8.92 Å². The van der Waals surface area contributed by atoms with E-state index >= 15 is 0 Å². The van der Waals surface area contributed by atoms with E-state index in [0.717, 1.165) is 5.56 Å². The summed E-state index contributed by atoms with van der Waals surface area (Å²) in [5.74, 6) is 0.477. The first-order valence-corrected chi connectivity index (χ1v) is 4.02. The highest BCUT2D eigenvalue weighted by Crippen LogP contribution is 2.14. The number of ether oxygens (including phenoxy) is 1. The van der Waals surface area contributed by atoms with E-state index in [1.54, 1.807) is 0 Å². The van der Waals surface area contributed by atoms with E-state index in [0.29, 0.717) is 5.90 Å². The van der Waals surface area contributed by atoms with Crippen molar-refractivity contribution in [3.8, 4) is 0 Å². The molecule has 2 rings (SSSR count). The van der Waals surface area contributed by atoms with Crippen LogP contribution in [0, 0.1) is 6.41 Å². The molecule has 0 atom stereocenters. The molecule has 13 heavy (non-hydrogen) atoms. The maximum atomic E-state index is 5.15. The van der Waals surface area contributed by atoms with Crippen molar-refractivity contribution in [1.82, 2.24) is 5.43 Å². The lowest BCUT2D eigenvalue weighted by atomic mass is 10.2. The Balaban J connectivity index is 2.12. The minimum atomic E-state index is 0.169. The molecule has 0 spiro atoms. The van der Waals surface area contributed by atoms with Crippen molar-refractivity contribution in [1.29, 1.82) is 0 Å². The molecule has 0 fully saturated rings. The summed E-state index contributed by atoms with van der Waals surface area (Å²) in [6, 6.07) is 9.51. The topological polar surface area (TPSA) is 42.8 Å². The highest BCUT2D eigenvalue weighted by Gasteiger charge is 2.22. The second-order valence-electron chi connectivity index (χ2n) is 2.38. The number of hydrogen-bond acceptors (Lipinski definition) is 5. The van der Waals surface area contributed by atoms with Crippen LogP contribution >= 0.6 is 12.9 Å². The second-order valence-corrected chi connectivity index (χ2v) is 2.56. The van der Waals surface area contributed by atoms with Crippen LogP contribution in [0.3, 0.4) is 0 Å². The molecule has 5 heteroatoms. The van der Waals surface area contributed by atoms with Crippen molar-refractivity contribution in [3.05, 3.63) is 42.3 Å². The highest BCUT2D eigenvalue weighted by atomic mass is 32.1. The molecule has 1 radical (unpaired) electrons. The van der Waals surface area contributed by atoms with Crippen molar-refractivity contribution in [2.24, 2.45) is 5.10 Å². The van der Waals surface area contributed by atoms with Gasteiger partial charge in [0.05, 0.1) is 0 Å². The lowest BCUT2D eigenvalue weighted by molar-refractivity contribution is 0.131. The quantitative estimate of drug-likeness (QED) is 0.551. The monoisotopic (exact) mass is 195 g/mol. The predicted octanol–water partition coefficient (Wildman–Crippen LogP) is 1.28. The zero-order valence-corrected chi connectivity index (χ0v) is 7.49. The zero-order chi connectivity index (χ0) is 9.10. The number of benzene rings is 1. The largest absolute Gasteiger partial charge is 0.416 e. The second kappa shape index (κ2) is 3.68. The first-order chi connectivity index (χ1) is 6.40. The maximum absolute atomic E-state index is 5.15. The summed E-state index contributed by atoms with van der Waals surface area (Å²) in [4.78, 5) is 0. The smallest absolute Gasteiger partial charge is 0.414 e. The average molecular weight is 195 g/mol. The molecule has 67 valence electrons. The Labute approximate surface area is 81.2 Å². The summed E-state index contributed by atoms with van der Waals surface area (Å²) in [7, 11) is 0. The van der Waals surface area contributed by atoms with E-state index in [9.17, 15) is 0 Å². The predicted molar refractivity (Wildman–Crippen MR) is 50.5 cm³/mol. The molecule has 4 nitrogen and oxygen atoms in total. The lowest BCUT2D eigenvalue weighted by Gasteiger charge is -2.03. The summed E-state index contributed by atoms with van der Waals surface area (Å²) < 4.78 is 9.68. The Morgan fingerprint density at radius 3 is 2.69 bits per heavy atom. The van der Waals surface area contributed by atoms with Gasteiger partial charge in [0, 0.05) is 5.56 Å². The molecular formula is C8H7N2O2S. The molecule has 1 aliphatic rings. The first kappa shape index (κ1) is 8.40. The molecule has 0 aromatic heterocycles. The summed E-state index contributed by atoms with van der Waals surface area (Å²) in [5, 5.41) is 3.89. The Hall–Kier alpha value is -1.20. The van der Waals surface area contributed by atoms with Gasteiger partial charge in [-0.05, 0) is 25.0 Å². The number of thiol groups is 1. The number of rotatable bonds is 2. The Morgan fingerprint density at radius 1 is 1.31 bits per heavy atom. The fourth-order valence-electron chi connectivity index (χ4n) is 0.973. The van der Waals surface area contributed by atoms with Gasteiger partial charge >= 0.3 is 6.41 Å². The van der Waals surface area contributed by atoms with Gasteiger partial charge in [0.25, 0.3) is 0 Å². The molecule has 1 N–H and O–H groups in total. The van der Waals surface area contributed by atoms with Crippen LogP contribution in [-0.2, 0) is 8.92 Å². The van der Waals surface area contributed by atoms with Crippen molar-refractivity contribution in [2.45, 2.75) is 0 Å². The number of hydrazone groups is 1. The molecule has 0 aliphatic carbocycles. The van der Waals surface area contributed by atoms with Gasteiger partial charge in [-0.2, -0.15) is 0 Å². The summed E-state index contributed by atoms with van der Waals surface area (Å²) in [5.41, 5.74) is 3.42. The van der Waals surface area contributed by atoms with Crippen molar-refractivity contribution in [3.63, 3.8) is 0 Å². The van der Waals surface area contributed by atoms with Crippen molar-refractivity contribution in [2.75, 3.05) is 0 Å². The molecule has 1 aromatic rings. The molecule has 0 amide bonds. The first-order valence-electron chi connectivity index (χ1n) is 3.65. The maximum Gasteiger partial charge on any atom is 0.414 e. The standard InChI is InChI=1S/C8H7N2O2S/c13-12-8-10-9-7(11-8)6-4-2-1-3-5-6/h1-5,10,13H. The minimum absolute atomic E-state index is 0.169. The Bertz CT molecular complexity index is 315. The van der Waals surface area contributed by atoms with Gasteiger partial charge in [0.2, 0.25) is 5.90 Å². The fraction of sp³-hybridized carbons (Fsp3) is 0. The van der Waals surface area contributed by atoms with Crippen LogP contribution in [0.15, 0.2) is 35.4 Å². The van der Waals surface area contributed by atoms with Crippen LogP contribution in [-0.4, -0.2) is 5.90 Å².